The highest BCUT2D eigenvalue weighted by Crippen LogP contribution is 2.31. The molecule has 6 heteroatoms. The standard InChI is InChI=1S/C19H32N2O4/c1-12(2)8-9-13(6-5-7-14(20)18(24)25)21-17-15(22)10-19(3,4)11-16(17)23/h12-14H,5-11,20H2,1-4H3,(H,24,25)/t13?,14-/m0/s1. The summed E-state index contributed by atoms with van der Waals surface area (Å²) < 4.78 is 0. The number of nitrogens with zero attached hydrogens (tertiary/aromatic N) is 1. The normalized spacial score (nSPS) is 19.8. The molecule has 1 aliphatic carbocycles. The van der Waals surface area contributed by atoms with E-state index in [4.69, 9.17) is 10.8 Å². The van der Waals surface area contributed by atoms with Crippen molar-refractivity contribution < 1.29 is 19.5 Å². The minimum absolute atomic E-state index is 0.107. The molecular weight excluding hydrogens is 320 g/mol. The van der Waals surface area contributed by atoms with Crippen LogP contribution in [0.25, 0.3) is 0 Å². The van der Waals surface area contributed by atoms with E-state index in [0.717, 1.165) is 12.8 Å². The third kappa shape index (κ3) is 7.46. The molecular formula is C19H32N2O4. The number of carbonyl (C=O) groups excluding carboxylic acids is 2. The molecule has 1 rings (SSSR count). The zero-order valence-corrected chi connectivity index (χ0v) is 15.9. The molecule has 0 amide bonds. The maximum atomic E-state index is 12.3. The minimum atomic E-state index is -1.01. The Morgan fingerprint density at radius 3 is 2.16 bits per heavy atom. The van der Waals surface area contributed by atoms with Gasteiger partial charge in [0, 0.05) is 12.8 Å². The Kier molecular flexibility index (Phi) is 7.93. The molecule has 0 bridgehead atoms. The maximum Gasteiger partial charge on any atom is 0.320 e. The monoisotopic (exact) mass is 352 g/mol. The first-order valence-electron chi connectivity index (χ1n) is 9.14. The van der Waals surface area contributed by atoms with Gasteiger partial charge in [-0.2, -0.15) is 0 Å². The van der Waals surface area contributed by atoms with Gasteiger partial charge in [0.25, 0.3) is 0 Å². The number of nitrogens with two attached hydrogens (primary N) is 1. The Balaban J connectivity index is 2.79. The third-order valence-electron chi connectivity index (χ3n) is 4.57. The molecule has 3 N–H and O–H groups in total. The molecule has 142 valence electrons. The lowest BCUT2D eigenvalue weighted by molar-refractivity contribution is -0.138. The van der Waals surface area contributed by atoms with Crippen molar-refractivity contribution in [1.82, 2.24) is 0 Å². The first-order chi connectivity index (χ1) is 11.5. The van der Waals surface area contributed by atoms with Crippen molar-refractivity contribution in [2.24, 2.45) is 22.1 Å². The Bertz CT molecular complexity index is 516. The van der Waals surface area contributed by atoms with Gasteiger partial charge in [-0.25, -0.2) is 0 Å². The predicted molar refractivity (Wildman–Crippen MR) is 97.8 cm³/mol. The zero-order chi connectivity index (χ0) is 19.2. The molecule has 2 atom stereocenters. The number of carbonyl (C=O) groups is 3. The molecule has 1 fully saturated rings. The molecule has 0 heterocycles. The fraction of sp³-hybridized carbons (Fsp3) is 0.789. The van der Waals surface area contributed by atoms with E-state index in [-0.39, 0.29) is 28.7 Å². The number of carboxylic acid groups (broad SMARTS) is 1. The Morgan fingerprint density at radius 2 is 1.68 bits per heavy atom. The molecule has 0 aromatic heterocycles. The maximum absolute atomic E-state index is 12.3. The van der Waals surface area contributed by atoms with Crippen molar-refractivity contribution in [2.75, 3.05) is 0 Å². The summed E-state index contributed by atoms with van der Waals surface area (Å²) in [5.74, 6) is -0.846. The summed E-state index contributed by atoms with van der Waals surface area (Å²) in [6, 6.07) is -1.01. The van der Waals surface area contributed by atoms with Gasteiger partial charge >= 0.3 is 5.97 Å². The van der Waals surface area contributed by atoms with Crippen molar-refractivity contribution >= 4 is 23.2 Å². The summed E-state index contributed by atoms with van der Waals surface area (Å²) in [6.45, 7) is 8.07. The predicted octanol–water partition coefficient (Wildman–Crippen LogP) is 2.77. The van der Waals surface area contributed by atoms with E-state index in [2.05, 4.69) is 18.8 Å². The number of hydrogen-bond donors (Lipinski definition) is 2. The van der Waals surface area contributed by atoms with Crippen LogP contribution >= 0.6 is 0 Å². The highest BCUT2D eigenvalue weighted by atomic mass is 16.4. The van der Waals surface area contributed by atoms with Gasteiger partial charge < -0.3 is 10.8 Å². The number of hydrogen-bond acceptors (Lipinski definition) is 5. The number of aliphatic imine (C=N–C) groups is 1. The SMILES string of the molecule is CC(C)CCC(CCC[C@H](N)C(=O)O)N=C1C(=O)CC(C)(C)CC1=O. The zero-order valence-electron chi connectivity index (χ0n) is 15.9. The summed E-state index contributed by atoms with van der Waals surface area (Å²) in [6.07, 6.45) is 4.04. The van der Waals surface area contributed by atoms with E-state index in [0.29, 0.717) is 38.0 Å². The molecule has 0 saturated heterocycles. The van der Waals surface area contributed by atoms with Crippen LogP contribution in [0.4, 0.5) is 0 Å². The fourth-order valence-corrected chi connectivity index (χ4v) is 3.08. The molecule has 0 radical (unpaired) electrons. The topological polar surface area (TPSA) is 110 Å². The summed E-state index contributed by atoms with van der Waals surface area (Å²) in [5.41, 5.74) is 5.35. The van der Waals surface area contributed by atoms with Gasteiger partial charge in [0.05, 0.1) is 6.04 Å². The lowest BCUT2D eigenvalue weighted by Crippen LogP contribution is -2.38. The van der Waals surface area contributed by atoms with Crippen LogP contribution in [0, 0.1) is 11.3 Å². The van der Waals surface area contributed by atoms with E-state index < -0.39 is 12.0 Å². The van der Waals surface area contributed by atoms with Gasteiger partial charge in [0.1, 0.15) is 11.8 Å². The van der Waals surface area contributed by atoms with Gasteiger partial charge in [0.15, 0.2) is 11.6 Å². The molecule has 1 unspecified atom stereocenters. The summed E-state index contributed by atoms with van der Waals surface area (Å²) in [4.78, 5) is 39.9. The lowest BCUT2D eigenvalue weighted by Gasteiger charge is -2.28. The Hall–Kier alpha value is -1.56. The number of carboxylic acids is 1. The van der Waals surface area contributed by atoms with Crippen LogP contribution < -0.4 is 5.73 Å². The molecule has 6 nitrogen and oxygen atoms in total. The van der Waals surface area contributed by atoms with Gasteiger partial charge in [-0.15, -0.1) is 0 Å². The van der Waals surface area contributed by atoms with Crippen molar-refractivity contribution in [3.63, 3.8) is 0 Å². The Morgan fingerprint density at radius 1 is 1.12 bits per heavy atom. The van der Waals surface area contributed by atoms with Crippen LogP contribution in [-0.4, -0.2) is 40.4 Å². The quantitative estimate of drug-likeness (QED) is 0.663. The van der Waals surface area contributed by atoms with E-state index in [1.54, 1.807) is 0 Å². The summed E-state index contributed by atoms with van der Waals surface area (Å²) >= 11 is 0. The first-order valence-corrected chi connectivity index (χ1v) is 9.14. The molecule has 0 aromatic carbocycles. The van der Waals surface area contributed by atoms with Crippen LogP contribution in [0.5, 0.6) is 0 Å². The second-order valence-corrected chi connectivity index (χ2v) is 8.34. The fourth-order valence-electron chi connectivity index (χ4n) is 3.08. The Labute approximate surface area is 150 Å². The molecule has 25 heavy (non-hydrogen) atoms. The average Bonchev–Trinajstić information content (AvgIpc) is 2.46. The number of aliphatic carboxylic acids is 1. The minimum Gasteiger partial charge on any atom is -0.480 e. The van der Waals surface area contributed by atoms with Crippen molar-refractivity contribution in [3.8, 4) is 0 Å². The van der Waals surface area contributed by atoms with Gasteiger partial charge in [-0.05, 0) is 43.4 Å². The van der Waals surface area contributed by atoms with Crippen molar-refractivity contribution in [1.29, 1.82) is 0 Å². The summed E-state index contributed by atoms with van der Waals surface area (Å²) in [5, 5.41) is 8.86. The molecule has 1 saturated carbocycles. The van der Waals surface area contributed by atoms with E-state index in [1.807, 2.05) is 13.8 Å². The molecule has 0 aliphatic heterocycles. The van der Waals surface area contributed by atoms with E-state index in [1.165, 1.54) is 0 Å². The second-order valence-electron chi connectivity index (χ2n) is 8.34. The highest BCUT2D eigenvalue weighted by molar-refractivity contribution is 6.67. The molecule has 1 aliphatic rings. The number of rotatable bonds is 9. The van der Waals surface area contributed by atoms with Gasteiger partial charge in [0.2, 0.25) is 0 Å². The molecule has 0 aromatic rings. The average molecular weight is 352 g/mol. The van der Waals surface area contributed by atoms with Crippen LogP contribution in [0.2, 0.25) is 0 Å². The number of ketones is 2. The highest BCUT2D eigenvalue weighted by Gasteiger charge is 2.37. The lowest BCUT2D eigenvalue weighted by atomic mass is 9.75. The smallest absolute Gasteiger partial charge is 0.320 e. The van der Waals surface area contributed by atoms with Gasteiger partial charge in [-0.3, -0.25) is 19.4 Å². The third-order valence-corrected chi connectivity index (χ3v) is 4.57. The van der Waals surface area contributed by atoms with Crippen LogP contribution in [0.15, 0.2) is 4.99 Å². The summed E-state index contributed by atoms with van der Waals surface area (Å²) in [7, 11) is 0. The van der Waals surface area contributed by atoms with E-state index >= 15 is 0 Å². The van der Waals surface area contributed by atoms with Crippen molar-refractivity contribution in [2.45, 2.75) is 84.7 Å². The largest absolute Gasteiger partial charge is 0.480 e. The van der Waals surface area contributed by atoms with E-state index in [9.17, 15) is 14.4 Å². The first kappa shape index (κ1) is 21.5. The molecule has 0 spiro atoms. The van der Waals surface area contributed by atoms with Crippen molar-refractivity contribution in [3.05, 3.63) is 0 Å². The van der Waals surface area contributed by atoms with Crippen LogP contribution in [-0.2, 0) is 14.4 Å². The van der Waals surface area contributed by atoms with Crippen LogP contribution in [0.3, 0.4) is 0 Å². The van der Waals surface area contributed by atoms with Gasteiger partial charge in [-0.1, -0.05) is 27.7 Å². The number of Topliss-reactive ketones (excluding diaryl/α,β-unsaturated/α-hetero) is 2. The second kappa shape index (κ2) is 9.22. The van der Waals surface area contributed by atoms with Crippen LogP contribution in [0.1, 0.15) is 72.6 Å².